The summed E-state index contributed by atoms with van der Waals surface area (Å²) in [5.41, 5.74) is -1.25. The molecule has 0 bridgehead atoms. The molecule has 4 N–H and O–H groups in total. The SMILES string of the molecule is COC1CC(O)C(CO)OC1(C(=O)N[C@H]1CCC[C@@H]1O)c1cc(Cl)cc(C#N)c1. The number of aliphatic hydroxyl groups excluding tert-OH is 3. The van der Waals surface area contributed by atoms with Crippen molar-refractivity contribution in [1.29, 1.82) is 5.26 Å². The molecule has 1 aliphatic heterocycles. The normalized spacial score (nSPS) is 34.6. The van der Waals surface area contributed by atoms with Crippen molar-refractivity contribution in [3.05, 3.63) is 34.3 Å². The lowest BCUT2D eigenvalue weighted by molar-refractivity contribution is -0.240. The van der Waals surface area contributed by atoms with E-state index in [1.165, 1.54) is 25.3 Å². The maximum absolute atomic E-state index is 13.6. The van der Waals surface area contributed by atoms with E-state index in [9.17, 15) is 25.4 Å². The first kappa shape index (κ1) is 22.0. The number of ether oxygens (including phenoxy) is 2. The quantitative estimate of drug-likeness (QED) is 0.544. The van der Waals surface area contributed by atoms with Gasteiger partial charge in [-0.05, 0) is 43.0 Å². The Hall–Kier alpha value is -1.73. The van der Waals surface area contributed by atoms with Gasteiger partial charge in [-0.2, -0.15) is 5.26 Å². The standard InChI is InChI=1S/C20H25ClN2O6/c1-28-18-8-16(26)17(10-24)29-20(18,12-5-11(9-22)6-13(21)7-12)19(27)23-14-3-2-4-15(14)25/h5-7,14-18,24-26H,2-4,8,10H2,1H3,(H,23,27)/t14-,15-,16?,17?,18?,20?/m0/s1. The van der Waals surface area contributed by atoms with Gasteiger partial charge in [0.2, 0.25) is 0 Å². The fourth-order valence-corrected chi connectivity index (χ4v) is 4.42. The number of carbonyl (C=O) groups is 1. The minimum absolute atomic E-state index is 0.0246. The summed E-state index contributed by atoms with van der Waals surface area (Å²) in [5, 5.41) is 42.5. The number of aliphatic hydroxyl groups is 3. The number of hydrogen-bond acceptors (Lipinski definition) is 7. The maximum atomic E-state index is 13.6. The Balaban J connectivity index is 2.10. The smallest absolute Gasteiger partial charge is 0.259 e. The molecule has 1 saturated carbocycles. The summed E-state index contributed by atoms with van der Waals surface area (Å²) in [5.74, 6) is -0.577. The second kappa shape index (κ2) is 8.96. The van der Waals surface area contributed by atoms with E-state index < -0.39 is 48.6 Å². The van der Waals surface area contributed by atoms with Gasteiger partial charge in [-0.3, -0.25) is 4.79 Å². The van der Waals surface area contributed by atoms with Crippen molar-refractivity contribution in [3.8, 4) is 6.07 Å². The molecule has 9 heteroatoms. The summed E-state index contributed by atoms with van der Waals surface area (Å²) < 4.78 is 11.5. The van der Waals surface area contributed by atoms with Gasteiger partial charge in [0.1, 0.15) is 12.2 Å². The number of nitriles is 1. The molecule has 1 aliphatic carbocycles. The topological polar surface area (TPSA) is 132 Å². The predicted molar refractivity (Wildman–Crippen MR) is 103 cm³/mol. The highest BCUT2D eigenvalue weighted by Gasteiger charge is 2.56. The van der Waals surface area contributed by atoms with E-state index in [2.05, 4.69) is 5.32 Å². The first-order valence-corrected chi connectivity index (χ1v) is 9.93. The zero-order valence-corrected chi connectivity index (χ0v) is 16.8. The fraction of sp³-hybridized carbons (Fsp3) is 0.600. The molecule has 6 atom stereocenters. The van der Waals surface area contributed by atoms with Crippen LogP contribution >= 0.6 is 11.6 Å². The molecule has 4 unspecified atom stereocenters. The van der Waals surface area contributed by atoms with Crippen molar-refractivity contribution in [2.75, 3.05) is 13.7 Å². The van der Waals surface area contributed by atoms with Gasteiger partial charge in [-0.25, -0.2) is 0 Å². The van der Waals surface area contributed by atoms with Gasteiger partial charge in [0.05, 0.1) is 36.5 Å². The highest BCUT2D eigenvalue weighted by atomic mass is 35.5. The van der Waals surface area contributed by atoms with Crippen LogP contribution in [0.5, 0.6) is 0 Å². The molecule has 1 heterocycles. The Morgan fingerprint density at radius 1 is 1.38 bits per heavy atom. The summed E-state index contributed by atoms with van der Waals surface area (Å²) in [6.45, 7) is -0.510. The van der Waals surface area contributed by atoms with Gasteiger partial charge in [-0.15, -0.1) is 0 Å². The second-order valence-corrected chi connectivity index (χ2v) is 7.96. The molecule has 2 fully saturated rings. The first-order valence-electron chi connectivity index (χ1n) is 9.55. The van der Waals surface area contributed by atoms with Crippen molar-refractivity contribution < 1.29 is 29.6 Å². The van der Waals surface area contributed by atoms with E-state index in [4.69, 9.17) is 21.1 Å². The Morgan fingerprint density at radius 2 is 2.14 bits per heavy atom. The molecule has 0 radical (unpaired) electrons. The van der Waals surface area contributed by atoms with Crippen LogP contribution in [-0.4, -0.2) is 65.4 Å². The molecule has 1 aromatic rings. The lowest BCUT2D eigenvalue weighted by Crippen LogP contribution is -2.64. The number of carbonyl (C=O) groups excluding carboxylic acids is 1. The van der Waals surface area contributed by atoms with Crippen LogP contribution in [0.15, 0.2) is 18.2 Å². The number of halogens is 1. The van der Waals surface area contributed by atoms with Crippen LogP contribution < -0.4 is 5.32 Å². The molecule has 1 saturated heterocycles. The number of nitrogens with zero attached hydrogens (tertiary/aromatic N) is 1. The van der Waals surface area contributed by atoms with Crippen LogP contribution in [0.1, 0.15) is 36.8 Å². The molecule has 1 amide bonds. The Morgan fingerprint density at radius 3 is 2.72 bits per heavy atom. The number of rotatable bonds is 5. The van der Waals surface area contributed by atoms with Crippen LogP contribution in [0.25, 0.3) is 0 Å². The largest absolute Gasteiger partial charge is 0.394 e. The van der Waals surface area contributed by atoms with E-state index in [0.717, 1.165) is 6.42 Å². The summed E-state index contributed by atoms with van der Waals surface area (Å²) >= 11 is 6.18. The fourth-order valence-electron chi connectivity index (χ4n) is 4.19. The summed E-state index contributed by atoms with van der Waals surface area (Å²) in [7, 11) is 1.39. The lowest BCUT2D eigenvalue weighted by atomic mass is 9.79. The van der Waals surface area contributed by atoms with Crippen molar-refractivity contribution in [2.24, 2.45) is 0 Å². The summed E-state index contributed by atoms with van der Waals surface area (Å²) in [4.78, 5) is 13.6. The van der Waals surface area contributed by atoms with E-state index in [1.807, 2.05) is 6.07 Å². The van der Waals surface area contributed by atoms with E-state index in [-0.39, 0.29) is 22.6 Å². The third kappa shape index (κ3) is 4.12. The number of amides is 1. The average molecular weight is 425 g/mol. The van der Waals surface area contributed by atoms with Crippen LogP contribution in [0.3, 0.4) is 0 Å². The third-order valence-corrected chi connectivity index (χ3v) is 5.95. The van der Waals surface area contributed by atoms with Crippen molar-refractivity contribution in [1.82, 2.24) is 5.32 Å². The molecule has 3 rings (SSSR count). The number of hydrogen-bond donors (Lipinski definition) is 4. The van der Waals surface area contributed by atoms with E-state index >= 15 is 0 Å². The molecular weight excluding hydrogens is 400 g/mol. The molecule has 29 heavy (non-hydrogen) atoms. The van der Waals surface area contributed by atoms with E-state index in [1.54, 1.807) is 0 Å². The van der Waals surface area contributed by atoms with Crippen LogP contribution in [0, 0.1) is 11.3 Å². The van der Waals surface area contributed by atoms with Crippen LogP contribution in [0.4, 0.5) is 0 Å². The monoisotopic (exact) mass is 424 g/mol. The molecule has 158 valence electrons. The molecule has 8 nitrogen and oxygen atoms in total. The van der Waals surface area contributed by atoms with Gasteiger partial charge in [0.25, 0.3) is 5.91 Å². The second-order valence-electron chi connectivity index (χ2n) is 7.52. The maximum Gasteiger partial charge on any atom is 0.259 e. The Bertz CT molecular complexity index is 800. The number of methoxy groups -OCH3 is 1. The van der Waals surface area contributed by atoms with Gasteiger partial charge in [0.15, 0.2) is 5.60 Å². The van der Waals surface area contributed by atoms with Gasteiger partial charge in [-0.1, -0.05) is 11.6 Å². The van der Waals surface area contributed by atoms with E-state index in [0.29, 0.717) is 12.8 Å². The van der Waals surface area contributed by atoms with Crippen LogP contribution in [0.2, 0.25) is 5.02 Å². The summed E-state index contributed by atoms with van der Waals surface area (Å²) in [6.07, 6.45) is -1.66. The molecule has 0 spiro atoms. The van der Waals surface area contributed by atoms with Crippen molar-refractivity contribution in [3.63, 3.8) is 0 Å². The van der Waals surface area contributed by atoms with Gasteiger partial charge < -0.3 is 30.1 Å². The summed E-state index contributed by atoms with van der Waals surface area (Å²) in [6, 6.07) is 5.99. The minimum atomic E-state index is -1.76. The Kier molecular flexibility index (Phi) is 6.79. The highest BCUT2D eigenvalue weighted by Crippen LogP contribution is 2.41. The van der Waals surface area contributed by atoms with Crippen molar-refractivity contribution in [2.45, 2.75) is 61.7 Å². The zero-order chi connectivity index (χ0) is 21.2. The molecule has 1 aromatic carbocycles. The third-order valence-electron chi connectivity index (χ3n) is 5.73. The highest BCUT2D eigenvalue weighted by molar-refractivity contribution is 6.30. The molecule has 2 aliphatic rings. The lowest BCUT2D eigenvalue weighted by Gasteiger charge is -2.47. The number of nitrogens with one attached hydrogen (secondary N) is 1. The van der Waals surface area contributed by atoms with Crippen LogP contribution in [-0.2, 0) is 19.9 Å². The van der Waals surface area contributed by atoms with Gasteiger partial charge in [0, 0.05) is 18.6 Å². The molecular formula is C20H25ClN2O6. The Labute approximate surface area is 174 Å². The van der Waals surface area contributed by atoms with Crippen molar-refractivity contribution >= 4 is 17.5 Å². The molecule has 0 aromatic heterocycles. The van der Waals surface area contributed by atoms with Gasteiger partial charge >= 0.3 is 0 Å². The average Bonchev–Trinajstić information content (AvgIpc) is 3.11. The zero-order valence-electron chi connectivity index (χ0n) is 16.0. The minimum Gasteiger partial charge on any atom is -0.394 e. The number of benzene rings is 1. The first-order chi connectivity index (χ1) is 13.8. The predicted octanol–water partition coefficient (Wildman–Crippen LogP) is 0.594.